The quantitative estimate of drug-likeness (QED) is 0.605. The first-order valence-electron chi connectivity index (χ1n) is 8.82. The van der Waals surface area contributed by atoms with Crippen LogP contribution in [0.3, 0.4) is 0 Å². The van der Waals surface area contributed by atoms with Gasteiger partial charge in [-0.1, -0.05) is 18.5 Å². The van der Waals surface area contributed by atoms with Gasteiger partial charge in [0, 0.05) is 40.5 Å². The van der Waals surface area contributed by atoms with Crippen LogP contribution < -0.4 is 15.4 Å². The van der Waals surface area contributed by atoms with Crippen molar-refractivity contribution in [3.63, 3.8) is 0 Å². The van der Waals surface area contributed by atoms with Crippen LogP contribution in [0.15, 0.2) is 42.7 Å². The van der Waals surface area contributed by atoms with E-state index in [9.17, 15) is 5.11 Å². The highest BCUT2D eigenvalue weighted by molar-refractivity contribution is 6.31. The number of aliphatic hydroxyl groups excluding tert-OH is 1. The molecule has 0 bridgehead atoms. The highest BCUT2D eigenvalue weighted by atomic mass is 35.5. The molecule has 1 atom stereocenters. The summed E-state index contributed by atoms with van der Waals surface area (Å²) in [6, 6.07) is 9.13. The number of aliphatic hydroxyl groups is 1. The molecule has 1 unspecified atom stereocenters. The Balaban J connectivity index is 1.67. The molecule has 0 saturated heterocycles. The summed E-state index contributed by atoms with van der Waals surface area (Å²) < 4.78 is 5.36. The SMILES string of the molecule is COc1ccc(Cl)cc1Nc1nccc(-c2cnc3c(c2)C(C)(CO)CN3)n1. The third kappa shape index (κ3) is 3.34. The van der Waals surface area contributed by atoms with Crippen LogP contribution in [-0.4, -0.2) is 40.3 Å². The molecule has 2 aromatic heterocycles. The van der Waals surface area contributed by atoms with Crippen molar-refractivity contribution < 1.29 is 9.84 Å². The molecular formula is C20H20ClN5O2. The molecule has 4 rings (SSSR count). The maximum Gasteiger partial charge on any atom is 0.227 e. The maximum atomic E-state index is 9.79. The summed E-state index contributed by atoms with van der Waals surface area (Å²) in [5, 5.41) is 16.8. The number of benzene rings is 1. The largest absolute Gasteiger partial charge is 0.495 e. The highest BCUT2D eigenvalue weighted by Crippen LogP contribution is 2.37. The van der Waals surface area contributed by atoms with Crippen LogP contribution in [0.5, 0.6) is 5.75 Å². The molecule has 0 spiro atoms. The van der Waals surface area contributed by atoms with E-state index in [1.54, 1.807) is 37.7 Å². The number of nitrogens with one attached hydrogen (secondary N) is 2. The average molecular weight is 398 g/mol. The molecule has 0 fully saturated rings. The predicted octanol–water partition coefficient (Wildman–Crippen LogP) is 3.62. The van der Waals surface area contributed by atoms with Crippen LogP contribution in [0.4, 0.5) is 17.5 Å². The van der Waals surface area contributed by atoms with E-state index in [1.807, 2.05) is 19.1 Å². The lowest BCUT2D eigenvalue weighted by Crippen LogP contribution is -2.28. The van der Waals surface area contributed by atoms with Crippen molar-refractivity contribution in [3.8, 4) is 17.0 Å². The molecule has 1 aliphatic rings. The smallest absolute Gasteiger partial charge is 0.227 e. The van der Waals surface area contributed by atoms with Gasteiger partial charge in [0.25, 0.3) is 0 Å². The van der Waals surface area contributed by atoms with E-state index in [2.05, 4.69) is 25.6 Å². The summed E-state index contributed by atoms with van der Waals surface area (Å²) in [4.78, 5) is 13.4. The lowest BCUT2D eigenvalue weighted by atomic mass is 9.85. The van der Waals surface area contributed by atoms with Crippen molar-refractivity contribution in [2.24, 2.45) is 0 Å². The van der Waals surface area contributed by atoms with E-state index in [0.29, 0.717) is 29.0 Å². The summed E-state index contributed by atoms with van der Waals surface area (Å²) in [7, 11) is 1.59. The number of rotatable bonds is 5. The Labute approximate surface area is 167 Å². The fraction of sp³-hybridized carbons (Fsp3) is 0.250. The van der Waals surface area contributed by atoms with E-state index >= 15 is 0 Å². The lowest BCUT2D eigenvalue weighted by Gasteiger charge is -2.20. The molecular weight excluding hydrogens is 378 g/mol. The minimum absolute atomic E-state index is 0.0449. The van der Waals surface area contributed by atoms with Crippen molar-refractivity contribution in [1.82, 2.24) is 15.0 Å². The number of nitrogens with zero attached hydrogens (tertiary/aromatic N) is 3. The molecule has 8 heteroatoms. The zero-order valence-corrected chi connectivity index (χ0v) is 16.3. The minimum Gasteiger partial charge on any atom is -0.495 e. The summed E-state index contributed by atoms with van der Waals surface area (Å²) in [5.41, 5.74) is 2.88. The zero-order chi connectivity index (χ0) is 19.7. The summed E-state index contributed by atoms with van der Waals surface area (Å²) in [6.07, 6.45) is 3.44. The fourth-order valence-electron chi connectivity index (χ4n) is 3.20. The fourth-order valence-corrected chi connectivity index (χ4v) is 3.37. The molecule has 1 aliphatic heterocycles. The summed E-state index contributed by atoms with van der Waals surface area (Å²) in [6.45, 7) is 2.71. The topological polar surface area (TPSA) is 92.2 Å². The Morgan fingerprint density at radius 1 is 1.29 bits per heavy atom. The van der Waals surface area contributed by atoms with Crippen LogP contribution in [0.1, 0.15) is 12.5 Å². The zero-order valence-electron chi connectivity index (χ0n) is 15.5. The third-order valence-corrected chi connectivity index (χ3v) is 5.13. The van der Waals surface area contributed by atoms with Crippen LogP contribution in [0.2, 0.25) is 5.02 Å². The Bertz CT molecular complexity index is 1030. The van der Waals surface area contributed by atoms with E-state index in [4.69, 9.17) is 16.3 Å². The van der Waals surface area contributed by atoms with Gasteiger partial charge < -0.3 is 20.5 Å². The molecule has 0 saturated carbocycles. The van der Waals surface area contributed by atoms with Gasteiger partial charge in [0.1, 0.15) is 11.6 Å². The van der Waals surface area contributed by atoms with Gasteiger partial charge in [0.15, 0.2) is 0 Å². The maximum absolute atomic E-state index is 9.79. The first-order valence-corrected chi connectivity index (χ1v) is 9.19. The van der Waals surface area contributed by atoms with Gasteiger partial charge in [-0.3, -0.25) is 0 Å². The van der Waals surface area contributed by atoms with Crippen LogP contribution in [0.25, 0.3) is 11.3 Å². The van der Waals surface area contributed by atoms with Crippen molar-refractivity contribution >= 4 is 29.1 Å². The van der Waals surface area contributed by atoms with Crippen molar-refractivity contribution in [2.45, 2.75) is 12.3 Å². The number of aromatic nitrogens is 3. The Morgan fingerprint density at radius 3 is 2.93 bits per heavy atom. The lowest BCUT2D eigenvalue weighted by molar-refractivity contribution is 0.218. The number of methoxy groups -OCH3 is 1. The van der Waals surface area contributed by atoms with Crippen molar-refractivity contribution in [3.05, 3.63) is 53.3 Å². The van der Waals surface area contributed by atoms with E-state index in [0.717, 1.165) is 22.6 Å². The molecule has 28 heavy (non-hydrogen) atoms. The minimum atomic E-state index is -0.361. The van der Waals surface area contributed by atoms with Gasteiger partial charge in [-0.25, -0.2) is 15.0 Å². The second-order valence-electron chi connectivity index (χ2n) is 6.93. The van der Waals surface area contributed by atoms with E-state index in [-0.39, 0.29) is 12.0 Å². The standard InChI is InChI=1S/C20H20ClN5O2/c1-20(11-27)10-24-18-14(20)7-12(9-23-18)15-5-6-22-19(25-15)26-16-8-13(21)3-4-17(16)28-2/h3-9,27H,10-11H2,1-2H3,(H,23,24)(H,22,25,26). The average Bonchev–Trinajstić information content (AvgIpc) is 3.05. The number of anilines is 3. The second-order valence-corrected chi connectivity index (χ2v) is 7.36. The molecule has 0 radical (unpaired) electrons. The van der Waals surface area contributed by atoms with Gasteiger partial charge in [-0.05, 0) is 30.3 Å². The van der Waals surface area contributed by atoms with Crippen LogP contribution in [-0.2, 0) is 5.41 Å². The monoisotopic (exact) mass is 397 g/mol. The number of ether oxygens (including phenoxy) is 1. The Morgan fingerprint density at radius 2 is 2.14 bits per heavy atom. The molecule has 7 nitrogen and oxygen atoms in total. The molecule has 0 amide bonds. The number of pyridine rings is 1. The summed E-state index contributed by atoms with van der Waals surface area (Å²) >= 11 is 6.09. The molecule has 0 aliphatic carbocycles. The van der Waals surface area contributed by atoms with Gasteiger partial charge >= 0.3 is 0 Å². The van der Waals surface area contributed by atoms with Gasteiger partial charge in [-0.2, -0.15) is 0 Å². The molecule has 144 valence electrons. The normalized spacial score (nSPS) is 17.7. The van der Waals surface area contributed by atoms with Gasteiger partial charge in [-0.15, -0.1) is 0 Å². The second kappa shape index (κ2) is 7.26. The van der Waals surface area contributed by atoms with E-state index < -0.39 is 0 Å². The number of hydrogen-bond acceptors (Lipinski definition) is 7. The van der Waals surface area contributed by atoms with Gasteiger partial charge in [0.05, 0.1) is 25.1 Å². The summed E-state index contributed by atoms with van der Waals surface area (Å²) in [5.74, 6) is 1.86. The van der Waals surface area contributed by atoms with Crippen LogP contribution >= 0.6 is 11.6 Å². The Hall–Kier alpha value is -2.90. The molecule has 3 aromatic rings. The number of fused-ring (bicyclic) bond motifs is 1. The molecule has 3 heterocycles. The van der Waals surface area contributed by atoms with Crippen LogP contribution in [0, 0.1) is 0 Å². The highest BCUT2D eigenvalue weighted by Gasteiger charge is 2.35. The van der Waals surface area contributed by atoms with Crippen molar-refractivity contribution in [1.29, 1.82) is 0 Å². The Kier molecular flexibility index (Phi) is 4.78. The first-order chi connectivity index (χ1) is 13.5. The molecule has 1 aromatic carbocycles. The number of halogens is 1. The van der Waals surface area contributed by atoms with E-state index in [1.165, 1.54) is 0 Å². The predicted molar refractivity (Wildman–Crippen MR) is 109 cm³/mol. The third-order valence-electron chi connectivity index (χ3n) is 4.89. The molecule has 3 N–H and O–H groups in total. The van der Waals surface area contributed by atoms with Crippen molar-refractivity contribution in [2.75, 3.05) is 30.9 Å². The van der Waals surface area contributed by atoms with Gasteiger partial charge in [0.2, 0.25) is 5.95 Å². The number of hydrogen-bond donors (Lipinski definition) is 3. The first kappa shape index (κ1) is 18.5.